The standard InChI is InChI=1S/C23H36O5Si/c1-22(2,3)29(7,8)28-18(15-12-16-19(24)25-6)21-20(26-23(4,5)27-21)17-13-10-9-11-14-17/h9-14,16,18,20-21H,15H2,1-8H3/b16-12-/t18-,20+,21+/m1/s1. The van der Waals surface area contributed by atoms with E-state index in [1.807, 2.05) is 32.0 Å². The molecule has 0 spiro atoms. The van der Waals surface area contributed by atoms with Crippen LogP contribution in [-0.2, 0) is 23.4 Å². The number of methoxy groups -OCH3 is 1. The van der Waals surface area contributed by atoms with Gasteiger partial charge in [0.1, 0.15) is 12.2 Å². The van der Waals surface area contributed by atoms with Crippen molar-refractivity contribution in [1.82, 2.24) is 0 Å². The highest BCUT2D eigenvalue weighted by molar-refractivity contribution is 6.74. The van der Waals surface area contributed by atoms with Crippen LogP contribution in [0.25, 0.3) is 0 Å². The fourth-order valence-corrected chi connectivity index (χ4v) is 4.47. The van der Waals surface area contributed by atoms with Crippen molar-refractivity contribution in [2.45, 2.75) is 83.3 Å². The van der Waals surface area contributed by atoms with Crippen LogP contribution < -0.4 is 0 Å². The van der Waals surface area contributed by atoms with E-state index in [1.165, 1.54) is 13.2 Å². The largest absolute Gasteiger partial charge is 0.466 e. The van der Waals surface area contributed by atoms with E-state index in [4.69, 9.17) is 18.6 Å². The minimum absolute atomic E-state index is 0.0501. The molecule has 1 aliphatic heterocycles. The van der Waals surface area contributed by atoms with Gasteiger partial charge in [0.2, 0.25) is 0 Å². The van der Waals surface area contributed by atoms with E-state index in [2.05, 4.69) is 46.0 Å². The highest BCUT2D eigenvalue weighted by Gasteiger charge is 2.49. The van der Waals surface area contributed by atoms with Gasteiger partial charge < -0.3 is 18.6 Å². The van der Waals surface area contributed by atoms with Gasteiger partial charge in [-0.1, -0.05) is 57.2 Å². The normalized spacial score (nSPS) is 23.3. The summed E-state index contributed by atoms with van der Waals surface area (Å²) in [6.07, 6.45) is 3.01. The van der Waals surface area contributed by atoms with Crippen LogP contribution in [-0.4, -0.2) is 39.4 Å². The summed E-state index contributed by atoms with van der Waals surface area (Å²) < 4.78 is 24.1. The zero-order chi connectivity index (χ0) is 21.9. The van der Waals surface area contributed by atoms with Crippen molar-refractivity contribution in [2.24, 2.45) is 0 Å². The Morgan fingerprint density at radius 2 is 1.83 bits per heavy atom. The molecule has 0 aliphatic carbocycles. The van der Waals surface area contributed by atoms with Crippen LogP contribution in [0.3, 0.4) is 0 Å². The Hall–Kier alpha value is -1.47. The summed E-state index contributed by atoms with van der Waals surface area (Å²) in [6, 6.07) is 10.1. The molecule has 1 fully saturated rings. The van der Waals surface area contributed by atoms with Crippen molar-refractivity contribution in [3.8, 4) is 0 Å². The lowest BCUT2D eigenvalue weighted by Gasteiger charge is -2.41. The van der Waals surface area contributed by atoms with Gasteiger partial charge in [-0.3, -0.25) is 0 Å². The predicted octanol–water partition coefficient (Wildman–Crippen LogP) is 5.39. The van der Waals surface area contributed by atoms with Crippen molar-refractivity contribution in [1.29, 1.82) is 0 Å². The average molecular weight is 421 g/mol. The van der Waals surface area contributed by atoms with Crippen LogP contribution in [0.1, 0.15) is 52.7 Å². The Morgan fingerprint density at radius 1 is 1.21 bits per heavy atom. The summed E-state index contributed by atoms with van der Waals surface area (Å²) in [5, 5.41) is 0.0501. The number of esters is 1. The van der Waals surface area contributed by atoms with Crippen molar-refractivity contribution < 1.29 is 23.4 Å². The van der Waals surface area contributed by atoms with Gasteiger partial charge in [0, 0.05) is 6.08 Å². The summed E-state index contributed by atoms with van der Waals surface area (Å²) >= 11 is 0. The van der Waals surface area contributed by atoms with Gasteiger partial charge in [-0.2, -0.15) is 0 Å². The number of carbonyl (C=O) groups is 1. The SMILES string of the molecule is COC(=O)/C=C\C[C@@H](O[Si](C)(C)C(C)(C)C)[C@@H]1OC(C)(C)O[C@H]1c1ccccc1. The number of ether oxygens (including phenoxy) is 3. The highest BCUT2D eigenvalue weighted by atomic mass is 28.4. The molecule has 1 aromatic rings. The molecule has 1 aromatic carbocycles. The number of hydrogen-bond donors (Lipinski definition) is 0. The molecule has 5 nitrogen and oxygen atoms in total. The molecule has 0 amide bonds. The summed E-state index contributed by atoms with van der Waals surface area (Å²) in [6.45, 7) is 14.9. The monoisotopic (exact) mass is 420 g/mol. The molecule has 0 radical (unpaired) electrons. The molecule has 0 saturated carbocycles. The van der Waals surface area contributed by atoms with Gasteiger partial charge in [0.15, 0.2) is 14.1 Å². The summed E-state index contributed by atoms with van der Waals surface area (Å²) in [7, 11) is -0.710. The van der Waals surface area contributed by atoms with Gasteiger partial charge in [-0.15, -0.1) is 0 Å². The Labute approximate surface area is 176 Å². The molecule has 3 atom stereocenters. The van der Waals surface area contributed by atoms with Gasteiger partial charge in [0.25, 0.3) is 0 Å². The second kappa shape index (κ2) is 9.12. The van der Waals surface area contributed by atoms with Crippen molar-refractivity contribution in [2.75, 3.05) is 7.11 Å². The maximum absolute atomic E-state index is 11.6. The van der Waals surface area contributed by atoms with Crippen LogP contribution in [0.2, 0.25) is 18.1 Å². The Kier molecular flexibility index (Phi) is 7.49. The van der Waals surface area contributed by atoms with Gasteiger partial charge >= 0.3 is 5.97 Å². The number of benzene rings is 1. The van der Waals surface area contributed by atoms with E-state index in [-0.39, 0.29) is 29.3 Å². The lowest BCUT2D eigenvalue weighted by atomic mass is 9.99. The third-order valence-corrected chi connectivity index (χ3v) is 10.2. The van der Waals surface area contributed by atoms with E-state index in [9.17, 15) is 4.79 Å². The van der Waals surface area contributed by atoms with Crippen LogP contribution >= 0.6 is 0 Å². The third kappa shape index (κ3) is 6.25. The quantitative estimate of drug-likeness (QED) is 0.336. The maximum Gasteiger partial charge on any atom is 0.330 e. The minimum atomic E-state index is -2.08. The molecule has 0 unspecified atom stereocenters. The van der Waals surface area contributed by atoms with E-state index < -0.39 is 14.1 Å². The Bertz CT molecular complexity index is 706. The first-order valence-electron chi connectivity index (χ1n) is 10.2. The molecule has 0 aromatic heterocycles. The van der Waals surface area contributed by atoms with Crippen LogP contribution in [0.4, 0.5) is 0 Å². The molecular weight excluding hydrogens is 384 g/mol. The van der Waals surface area contributed by atoms with Gasteiger partial charge in [-0.05, 0) is 44.0 Å². The molecule has 2 rings (SSSR count). The maximum atomic E-state index is 11.6. The second-order valence-electron chi connectivity index (χ2n) is 9.51. The van der Waals surface area contributed by atoms with Gasteiger partial charge in [0.05, 0.1) is 13.2 Å². The van der Waals surface area contributed by atoms with Crippen molar-refractivity contribution >= 4 is 14.3 Å². The average Bonchev–Trinajstić information content (AvgIpc) is 2.96. The first-order chi connectivity index (χ1) is 13.4. The second-order valence-corrected chi connectivity index (χ2v) is 14.3. The Balaban J connectivity index is 2.36. The zero-order valence-corrected chi connectivity index (χ0v) is 20.0. The fourth-order valence-electron chi connectivity index (χ4n) is 3.13. The van der Waals surface area contributed by atoms with E-state index in [0.717, 1.165) is 5.56 Å². The molecule has 6 heteroatoms. The molecule has 0 N–H and O–H groups in total. The first-order valence-corrected chi connectivity index (χ1v) is 13.1. The molecule has 1 heterocycles. The zero-order valence-electron chi connectivity index (χ0n) is 19.0. The minimum Gasteiger partial charge on any atom is -0.466 e. The summed E-state index contributed by atoms with van der Waals surface area (Å²) in [5.74, 6) is -1.09. The summed E-state index contributed by atoms with van der Waals surface area (Å²) in [5.41, 5.74) is 1.06. The molecule has 0 bridgehead atoms. The molecule has 1 saturated heterocycles. The fraction of sp³-hybridized carbons (Fsp3) is 0.609. The summed E-state index contributed by atoms with van der Waals surface area (Å²) in [4.78, 5) is 11.6. The molecular formula is C23H36O5Si. The highest BCUT2D eigenvalue weighted by Crippen LogP contribution is 2.44. The van der Waals surface area contributed by atoms with Crippen LogP contribution in [0.5, 0.6) is 0 Å². The van der Waals surface area contributed by atoms with Gasteiger partial charge in [-0.25, -0.2) is 4.79 Å². The smallest absolute Gasteiger partial charge is 0.330 e. The van der Waals surface area contributed by atoms with Crippen LogP contribution in [0, 0.1) is 0 Å². The van der Waals surface area contributed by atoms with Crippen molar-refractivity contribution in [3.63, 3.8) is 0 Å². The van der Waals surface area contributed by atoms with E-state index in [1.54, 1.807) is 6.08 Å². The molecule has 162 valence electrons. The lowest BCUT2D eigenvalue weighted by molar-refractivity contribution is -0.154. The molecule has 29 heavy (non-hydrogen) atoms. The van der Waals surface area contributed by atoms with Crippen LogP contribution in [0.15, 0.2) is 42.5 Å². The number of hydrogen-bond acceptors (Lipinski definition) is 5. The third-order valence-electron chi connectivity index (χ3n) is 5.70. The topological polar surface area (TPSA) is 54.0 Å². The lowest BCUT2D eigenvalue weighted by Crippen LogP contribution is -2.48. The van der Waals surface area contributed by atoms with Crippen molar-refractivity contribution in [3.05, 3.63) is 48.0 Å². The first kappa shape index (κ1) is 23.8. The Morgan fingerprint density at radius 3 is 2.38 bits per heavy atom. The number of carbonyl (C=O) groups excluding carboxylic acids is 1. The van der Waals surface area contributed by atoms with E-state index in [0.29, 0.717) is 6.42 Å². The molecule has 1 aliphatic rings. The predicted molar refractivity (Wildman–Crippen MR) is 117 cm³/mol. The number of rotatable bonds is 7. The van der Waals surface area contributed by atoms with E-state index >= 15 is 0 Å².